The molecule has 2 unspecified atom stereocenters. The molecular weight excluding hydrogens is 216 g/mol. The van der Waals surface area contributed by atoms with Gasteiger partial charge in [-0.25, -0.2) is 0 Å². The molecule has 0 amide bonds. The molecule has 0 radical (unpaired) electrons. The first kappa shape index (κ1) is 16.1. The highest BCUT2D eigenvalue weighted by molar-refractivity contribution is 4.61. The SMILES string of the molecule is C1CCCCC1.CC1CCCCCC(C)CCC1. The molecule has 0 bridgehead atoms. The Morgan fingerprint density at radius 1 is 0.389 bits per heavy atom. The zero-order chi connectivity index (χ0) is 13.1. The Hall–Kier alpha value is 0. The van der Waals surface area contributed by atoms with Crippen LogP contribution >= 0.6 is 0 Å². The minimum absolute atomic E-state index is 0.996. The maximum absolute atomic E-state index is 2.42. The van der Waals surface area contributed by atoms with Gasteiger partial charge in [0.15, 0.2) is 0 Å². The predicted octanol–water partition coefficient (Wildman–Crippen LogP) is 6.73. The second kappa shape index (κ2) is 10.9. The van der Waals surface area contributed by atoms with E-state index in [-0.39, 0.29) is 0 Å². The summed E-state index contributed by atoms with van der Waals surface area (Å²) in [6.07, 6.45) is 20.8. The first-order valence-electron chi connectivity index (χ1n) is 8.79. The summed E-state index contributed by atoms with van der Waals surface area (Å²) >= 11 is 0. The Morgan fingerprint density at radius 2 is 0.667 bits per heavy atom. The average molecular weight is 252 g/mol. The van der Waals surface area contributed by atoms with Crippen molar-refractivity contribution in [3.05, 3.63) is 0 Å². The molecule has 0 heterocycles. The summed E-state index contributed by atoms with van der Waals surface area (Å²) in [5.74, 6) is 1.99. The molecule has 0 aromatic carbocycles. The van der Waals surface area contributed by atoms with Gasteiger partial charge in [-0.3, -0.25) is 0 Å². The largest absolute Gasteiger partial charge is 0.0625 e. The van der Waals surface area contributed by atoms with Gasteiger partial charge < -0.3 is 0 Å². The summed E-state index contributed by atoms with van der Waals surface area (Å²) < 4.78 is 0. The summed E-state index contributed by atoms with van der Waals surface area (Å²) in [7, 11) is 0. The Labute approximate surface area is 116 Å². The first-order chi connectivity index (χ1) is 8.79. The fourth-order valence-corrected chi connectivity index (χ4v) is 3.33. The van der Waals surface area contributed by atoms with Crippen LogP contribution in [0, 0.1) is 11.8 Å². The lowest BCUT2D eigenvalue weighted by molar-refractivity contribution is 0.367. The van der Waals surface area contributed by atoms with E-state index in [2.05, 4.69) is 13.8 Å². The van der Waals surface area contributed by atoms with E-state index in [1.807, 2.05) is 0 Å². The normalized spacial score (nSPS) is 31.0. The van der Waals surface area contributed by atoms with E-state index in [1.54, 1.807) is 0 Å². The smallest absolute Gasteiger partial charge is 0.0443 e. The van der Waals surface area contributed by atoms with Gasteiger partial charge in [0, 0.05) is 0 Å². The van der Waals surface area contributed by atoms with E-state index in [9.17, 15) is 0 Å². The molecule has 2 rings (SSSR count). The van der Waals surface area contributed by atoms with Crippen LogP contribution < -0.4 is 0 Å². The van der Waals surface area contributed by atoms with Gasteiger partial charge >= 0.3 is 0 Å². The molecule has 2 aliphatic carbocycles. The number of hydrogen-bond donors (Lipinski definition) is 0. The lowest BCUT2D eigenvalue weighted by Crippen LogP contribution is -2.01. The quantitative estimate of drug-likeness (QED) is 0.448. The van der Waals surface area contributed by atoms with Crippen LogP contribution in [0.3, 0.4) is 0 Å². The van der Waals surface area contributed by atoms with Crippen LogP contribution in [0.4, 0.5) is 0 Å². The topological polar surface area (TPSA) is 0 Å². The van der Waals surface area contributed by atoms with E-state index in [1.165, 1.54) is 89.9 Å². The standard InChI is InChI=1S/C12H24.C6H12/c1-11-7-4-3-5-8-12(2)10-6-9-11;1-2-4-6-5-3-1/h11-12H,3-10H2,1-2H3;1-6H2. The van der Waals surface area contributed by atoms with Crippen molar-refractivity contribution in [2.75, 3.05) is 0 Å². The zero-order valence-electron chi connectivity index (χ0n) is 13.1. The molecule has 0 N–H and O–H groups in total. The fourth-order valence-electron chi connectivity index (χ4n) is 3.33. The van der Waals surface area contributed by atoms with E-state index in [0.717, 1.165) is 11.8 Å². The number of hydrogen-bond acceptors (Lipinski definition) is 0. The van der Waals surface area contributed by atoms with Gasteiger partial charge in [-0.1, -0.05) is 104 Å². The molecular formula is C18H36. The Kier molecular flexibility index (Phi) is 9.70. The van der Waals surface area contributed by atoms with Crippen molar-refractivity contribution in [2.24, 2.45) is 11.8 Å². The molecule has 2 fully saturated rings. The Bertz CT molecular complexity index is 145. The van der Waals surface area contributed by atoms with E-state index in [4.69, 9.17) is 0 Å². The van der Waals surface area contributed by atoms with Crippen LogP contribution in [0.2, 0.25) is 0 Å². The molecule has 0 spiro atoms. The fraction of sp³-hybridized carbons (Fsp3) is 1.00. The molecule has 0 aliphatic heterocycles. The third-order valence-electron chi connectivity index (χ3n) is 4.79. The van der Waals surface area contributed by atoms with E-state index in [0.29, 0.717) is 0 Å². The molecule has 2 saturated carbocycles. The van der Waals surface area contributed by atoms with E-state index < -0.39 is 0 Å². The highest BCUT2D eigenvalue weighted by atomic mass is 14.1. The molecule has 108 valence electrons. The van der Waals surface area contributed by atoms with Gasteiger partial charge in [0.05, 0.1) is 0 Å². The summed E-state index contributed by atoms with van der Waals surface area (Å²) in [5.41, 5.74) is 0. The van der Waals surface area contributed by atoms with Gasteiger partial charge in [0.2, 0.25) is 0 Å². The molecule has 0 aromatic rings. The summed E-state index contributed by atoms with van der Waals surface area (Å²) in [4.78, 5) is 0. The Morgan fingerprint density at radius 3 is 1.06 bits per heavy atom. The molecule has 2 aliphatic rings. The third kappa shape index (κ3) is 9.00. The molecule has 0 saturated heterocycles. The first-order valence-corrected chi connectivity index (χ1v) is 8.79. The highest BCUT2D eigenvalue weighted by Gasteiger charge is 2.08. The lowest BCUT2D eigenvalue weighted by atomic mass is 9.90. The minimum Gasteiger partial charge on any atom is -0.0625 e. The van der Waals surface area contributed by atoms with Crippen LogP contribution in [-0.2, 0) is 0 Å². The van der Waals surface area contributed by atoms with Crippen molar-refractivity contribution in [1.29, 1.82) is 0 Å². The molecule has 0 nitrogen and oxygen atoms in total. The van der Waals surface area contributed by atoms with Gasteiger partial charge in [0.25, 0.3) is 0 Å². The average Bonchev–Trinajstić information content (AvgIpc) is 2.41. The van der Waals surface area contributed by atoms with Crippen molar-refractivity contribution < 1.29 is 0 Å². The Balaban J connectivity index is 0.000000225. The molecule has 0 aromatic heterocycles. The van der Waals surface area contributed by atoms with Crippen molar-refractivity contribution in [3.8, 4) is 0 Å². The van der Waals surface area contributed by atoms with Crippen LogP contribution in [0.5, 0.6) is 0 Å². The minimum atomic E-state index is 0.996. The predicted molar refractivity (Wildman–Crippen MR) is 83.0 cm³/mol. The van der Waals surface area contributed by atoms with Crippen molar-refractivity contribution in [3.63, 3.8) is 0 Å². The van der Waals surface area contributed by atoms with Gasteiger partial charge in [0.1, 0.15) is 0 Å². The van der Waals surface area contributed by atoms with Crippen molar-refractivity contribution >= 4 is 0 Å². The monoisotopic (exact) mass is 252 g/mol. The lowest BCUT2D eigenvalue weighted by Gasteiger charge is -2.17. The van der Waals surface area contributed by atoms with Crippen LogP contribution in [0.15, 0.2) is 0 Å². The van der Waals surface area contributed by atoms with E-state index >= 15 is 0 Å². The summed E-state index contributed by atoms with van der Waals surface area (Å²) in [6.45, 7) is 4.85. The van der Waals surface area contributed by atoms with Crippen LogP contribution in [-0.4, -0.2) is 0 Å². The second-order valence-electron chi connectivity index (χ2n) is 6.90. The molecule has 2 atom stereocenters. The van der Waals surface area contributed by atoms with Gasteiger partial charge in [-0.15, -0.1) is 0 Å². The third-order valence-corrected chi connectivity index (χ3v) is 4.79. The summed E-state index contributed by atoms with van der Waals surface area (Å²) in [6, 6.07) is 0. The van der Waals surface area contributed by atoms with Crippen molar-refractivity contribution in [2.45, 2.75) is 104 Å². The number of rotatable bonds is 0. The zero-order valence-corrected chi connectivity index (χ0v) is 13.1. The maximum atomic E-state index is 2.42. The highest BCUT2D eigenvalue weighted by Crippen LogP contribution is 2.23. The molecule has 0 heteroatoms. The van der Waals surface area contributed by atoms with Crippen LogP contribution in [0.1, 0.15) is 104 Å². The van der Waals surface area contributed by atoms with Crippen molar-refractivity contribution in [1.82, 2.24) is 0 Å². The molecule has 18 heavy (non-hydrogen) atoms. The van der Waals surface area contributed by atoms with Gasteiger partial charge in [-0.05, 0) is 11.8 Å². The van der Waals surface area contributed by atoms with Crippen LogP contribution in [0.25, 0.3) is 0 Å². The van der Waals surface area contributed by atoms with Gasteiger partial charge in [-0.2, -0.15) is 0 Å². The summed E-state index contributed by atoms with van der Waals surface area (Å²) in [5, 5.41) is 0. The second-order valence-corrected chi connectivity index (χ2v) is 6.90. The maximum Gasteiger partial charge on any atom is -0.0443 e.